The van der Waals surface area contributed by atoms with Crippen molar-refractivity contribution in [3.05, 3.63) is 59.4 Å². The lowest BCUT2D eigenvalue weighted by atomic mass is 10.1. The van der Waals surface area contributed by atoms with E-state index in [9.17, 15) is 12.8 Å². The summed E-state index contributed by atoms with van der Waals surface area (Å²) in [6, 6.07) is 11.3. The summed E-state index contributed by atoms with van der Waals surface area (Å²) in [4.78, 5) is -0.239. The molecule has 3 N–H and O–H groups in total. The van der Waals surface area contributed by atoms with Crippen LogP contribution >= 0.6 is 0 Å². The number of nitrogens with two attached hydrogens (primary N) is 1. The SMILES string of the molecule is Cc1ccccc1CNc1ccc(S(N)(=O)=O)cc1F. The van der Waals surface area contributed by atoms with Gasteiger partial charge in [-0.05, 0) is 36.2 Å². The predicted molar refractivity (Wildman–Crippen MR) is 76.3 cm³/mol. The number of hydrogen-bond acceptors (Lipinski definition) is 3. The summed E-state index contributed by atoms with van der Waals surface area (Å²) in [5.74, 6) is -0.648. The first-order valence-electron chi connectivity index (χ1n) is 5.98. The van der Waals surface area contributed by atoms with Crippen molar-refractivity contribution in [2.45, 2.75) is 18.4 Å². The highest BCUT2D eigenvalue weighted by Gasteiger charge is 2.11. The lowest BCUT2D eigenvalue weighted by Crippen LogP contribution is -2.13. The number of anilines is 1. The second-order valence-electron chi connectivity index (χ2n) is 4.47. The van der Waals surface area contributed by atoms with E-state index in [1.54, 1.807) is 0 Å². The third kappa shape index (κ3) is 3.34. The second-order valence-corrected chi connectivity index (χ2v) is 6.03. The minimum atomic E-state index is -3.88. The smallest absolute Gasteiger partial charge is 0.238 e. The zero-order chi connectivity index (χ0) is 14.8. The Kier molecular flexibility index (Phi) is 4.06. The summed E-state index contributed by atoms with van der Waals surface area (Å²) in [7, 11) is -3.88. The summed E-state index contributed by atoms with van der Waals surface area (Å²) < 4.78 is 36.0. The number of sulfonamides is 1. The largest absolute Gasteiger partial charge is 0.379 e. The van der Waals surface area contributed by atoms with Gasteiger partial charge in [0.05, 0.1) is 10.6 Å². The fraction of sp³-hybridized carbons (Fsp3) is 0.143. The van der Waals surface area contributed by atoms with E-state index in [0.717, 1.165) is 17.2 Å². The first kappa shape index (κ1) is 14.5. The average Bonchev–Trinajstić information content (AvgIpc) is 2.38. The Balaban J connectivity index is 2.17. The lowest BCUT2D eigenvalue weighted by molar-refractivity contribution is 0.593. The Morgan fingerprint density at radius 1 is 1.20 bits per heavy atom. The molecule has 0 heterocycles. The first-order chi connectivity index (χ1) is 9.38. The molecule has 0 fully saturated rings. The molecule has 0 aromatic heterocycles. The van der Waals surface area contributed by atoms with Gasteiger partial charge in [-0.25, -0.2) is 17.9 Å². The molecule has 0 amide bonds. The van der Waals surface area contributed by atoms with Crippen LogP contribution in [0.3, 0.4) is 0 Å². The molecule has 4 nitrogen and oxygen atoms in total. The standard InChI is InChI=1S/C14H15FN2O2S/c1-10-4-2-3-5-11(10)9-17-14-7-6-12(8-13(14)15)20(16,18)19/h2-8,17H,9H2,1H3,(H2,16,18,19). The van der Waals surface area contributed by atoms with E-state index in [1.807, 2.05) is 31.2 Å². The van der Waals surface area contributed by atoms with Crippen LogP contribution in [0.5, 0.6) is 0 Å². The van der Waals surface area contributed by atoms with Crippen LogP contribution in [0.2, 0.25) is 0 Å². The molecule has 2 aromatic rings. The average molecular weight is 294 g/mol. The van der Waals surface area contributed by atoms with Crippen molar-refractivity contribution in [2.75, 3.05) is 5.32 Å². The van der Waals surface area contributed by atoms with Crippen LogP contribution in [0, 0.1) is 12.7 Å². The van der Waals surface area contributed by atoms with Gasteiger partial charge < -0.3 is 5.32 Å². The highest BCUT2D eigenvalue weighted by Crippen LogP contribution is 2.19. The van der Waals surface area contributed by atoms with Crippen LogP contribution in [-0.4, -0.2) is 8.42 Å². The highest BCUT2D eigenvalue weighted by atomic mass is 32.2. The monoisotopic (exact) mass is 294 g/mol. The van der Waals surface area contributed by atoms with Crippen molar-refractivity contribution in [1.29, 1.82) is 0 Å². The molecule has 2 aromatic carbocycles. The third-order valence-electron chi connectivity index (χ3n) is 3.00. The van der Waals surface area contributed by atoms with Gasteiger partial charge in [-0.15, -0.1) is 0 Å². The van der Waals surface area contributed by atoms with E-state index in [4.69, 9.17) is 5.14 Å². The molecular weight excluding hydrogens is 279 g/mol. The van der Waals surface area contributed by atoms with E-state index in [0.29, 0.717) is 6.54 Å². The van der Waals surface area contributed by atoms with E-state index < -0.39 is 15.8 Å². The van der Waals surface area contributed by atoms with Gasteiger partial charge in [-0.3, -0.25) is 0 Å². The zero-order valence-electron chi connectivity index (χ0n) is 10.9. The van der Waals surface area contributed by atoms with E-state index in [2.05, 4.69) is 5.32 Å². The molecule has 0 saturated heterocycles. The maximum absolute atomic E-state index is 13.8. The molecule has 0 aliphatic rings. The van der Waals surface area contributed by atoms with E-state index in [1.165, 1.54) is 12.1 Å². The number of aryl methyl sites for hydroxylation is 1. The molecule has 106 valence electrons. The molecule has 2 rings (SSSR count). The molecule has 0 aliphatic carbocycles. The van der Waals surface area contributed by atoms with Crippen molar-refractivity contribution in [3.63, 3.8) is 0 Å². The molecule has 6 heteroatoms. The molecule has 0 saturated carbocycles. The summed E-state index contributed by atoms with van der Waals surface area (Å²) in [6.45, 7) is 2.43. The van der Waals surface area contributed by atoms with Gasteiger partial charge in [-0.2, -0.15) is 0 Å². The Hall–Kier alpha value is -1.92. The Labute approximate surface area is 117 Å². The van der Waals surface area contributed by atoms with Gasteiger partial charge in [-0.1, -0.05) is 24.3 Å². The fourth-order valence-corrected chi connectivity index (χ4v) is 2.34. The van der Waals surface area contributed by atoms with Gasteiger partial charge in [0.1, 0.15) is 5.82 Å². The highest BCUT2D eigenvalue weighted by molar-refractivity contribution is 7.89. The Morgan fingerprint density at radius 2 is 1.90 bits per heavy atom. The second kappa shape index (κ2) is 5.60. The van der Waals surface area contributed by atoms with Crippen molar-refractivity contribution < 1.29 is 12.8 Å². The van der Waals surface area contributed by atoms with Crippen molar-refractivity contribution in [2.24, 2.45) is 5.14 Å². The molecule has 0 bridgehead atoms. The number of halogens is 1. The van der Waals surface area contributed by atoms with Gasteiger partial charge in [0, 0.05) is 6.54 Å². The molecule has 0 unspecified atom stereocenters. The summed E-state index contributed by atoms with van der Waals surface area (Å²) in [5, 5.41) is 7.88. The minimum Gasteiger partial charge on any atom is -0.379 e. The van der Waals surface area contributed by atoms with Crippen molar-refractivity contribution in [1.82, 2.24) is 0 Å². The minimum absolute atomic E-state index is 0.237. The Morgan fingerprint density at radius 3 is 2.50 bits per heavy atom. The fourth-order valence-electron chi connectivity index (χ4n) is 1.82. The van der Waals surface area contributed by atoms with Crippen LogP contribution in [0.15, 0.2) is 47.4 Å². The van der Waals surface area contributed by atoms with Gasteiger partial charge in [0.2, 0.25) is 10.0 Å². The van der Waals surface area contributed by atoms with Gasteiger partial charge in [0.25, 0.3) is 0 Å². The topological polar surface area (TPSA) is 72.2 Å². The molecular formula is C14H15FN2O2S. The normalized spacial score (nSPS) is 11.3. The predicted octanol–water partition coefficient (Wildman–Crippen LogP) is 2.39. The van der Waals surface area contributed by atoms with Crippen LogP contribution in [0.4, 0.5) is 10.1 Å². The molecule has 0 aliphatic heterocycles. The van der Waals surface area contributed by atoms with E-state index >= 15 is 0 Å². The number of rotatable bonds is 4. The van der Waals surface area contributed by atoms with Crippen molar-refractivity contribution >= 4 is 15.7 Å². The molecule has 0 radical (unpaired) electrons. The van der Waals surface area contributed by atoms with Gasteiger partial charge >= 0.3 is 0 Å². The maximum Gasteiger partial charge on any atom is 0.238 e. The van der Waals surface area contributed by atoms with Crippen LogP contribution in [0.25, 0.3) is 0 Å². The molecule has 20 heavy (non-hydrogen) atoms. The number of nitrogens with one attached hydrogen (secondary N) is 1. The van der Waals surface area contributed by atoms with Crippen LogP contribution in [0.1, 0.15) is 11.1 Å². The van der Waals surface area contributed by atoms with Crippen LogP contribution < -0.4 is 10.5 Å². The molecule has 0 atom stereocenters. The van der Waals surface area contributed by atoms with E-state index in [-0.39, 0.29) is 10.6 Å². The van der Waals surface area contributed by atoms with Gasteiger partial charge in [0.15, 0.2) is 0 Å². The number of benzene rings is 2. The number of primary sulfonamides is 1. The summed E-state index contributed by atoms with van der Waals surface area (Å²) in [6.07, 6.45) is 0. The number of hydrogen-bond donors (Lipinski definition) is 2. The lowest BCUT2D eigenvalue weighted by Gasteiger charge is -2.10. The Bertz CT molecular complexity index is 730. The maximum atomic E-state index is 13.8. The summed E-state index contributed by atoms with van der Waals surface area (Å²) >= 11 is 0. The van der Waals surface area contributed by atoms with Crippen LogP contribution in [-0.2, 0) is 16.6 Å². The zero-order valence-corrected chi connectivity index (χ0v) is 11.7. The quantitative estimate of drug-likeness (QED) is 0.909. The third-order valence-corrected chi connectivity index (χ3v) is 3.91. The molecule has 0 spiro atoms. The van der Waals surface area contributed by atoms with Crippen molar-refractivity contribution in [3.8, 4) is 0 Å². The summed E-state index contributed by atoms with van der Waals surface area (Å²) in [5.41, 5.74) is 2.38. The first-order valence-corrected chi connectivity index (χ1v) is 7.53.